The highest BCUT2D eigenvalue weighted by Crippen LogP contribution is 2.31. The SMILES string of the molecule is N#Cc1ccccc1NCC1(O)CCC1. The second-order valence-corrected chi connectivity index (χ2v) is 4.09. The van der Waals surface area contributed by atoms with E-state index in [2.05, 4.69) is 11.4 Å². The van der Waals surface area contributed by atoms with Crippen molar-refractivity contribution in [2.75, 3.05) is 11.9 Å². The number of nitriles is 1. The zero-order chi connectivity index (χ0) is 10.7. The minimum atomic E-state index is -0.553. The summed E-state index contributed by atoms with van der Waals surface area (Å²) in [5.41, 5.74) is 0.878. The molecule has 1 aromatic carbocycles. The van der Waals surface area contributed by atoms with Crippen molar-refractivity contribution < 1.29 is 5.11 Å². The van der Waals surface area contributed by atoms with E-state index in [1.165, 1.54) is 0 Å². The zero-order valence-corrected chi connectivity index (χ0v) is 8.53. The second kappa shape index (κ2) is 3.92. The average molecular weight is 202 g/mol. The summed E-state index contributed by atoms with van der Waals surface area (Å²) >= 11 is 0. The highest BCUT2D eigenvalue weighted by molar-refractivity contribution is 5.57. The number of aliphatic hydroxyl groups is 1. The third-order valence-corrected chi connectivity index (χ3v) is 2.94. The van der Waals surface area contributed by atoms with E-state index in [4.69, 9.17) is 5.26 Å². The molecule has 2 rings (SSSR count). The molecule has 0 radical (unpaired) electrons. The van der Waals surface area contributed by atoms with Crippen LogP contribution in [0, 0.1) is 11.3 Å². The maximum atomic E-state index is 9.89. The van der Waals surface area contributed by atoms with Crippen LogP contribution < -0.4 is 5.32 Å². The Morgan fingerprint density at radius 2 is 2.13 bits per heavy atom. The van der Waals surface area contributed by atoms with Gasteiger partial charge >= 0.3 is 0 Å². The molecular formula is C12H14N2O. The molecule has 1 saturated carbocycles. The summed E-state index contributed by atoms with van der Waals surface area (Å²) in [5.74, 6) is 0. The first-order valence-electron chi connectivity index (χ1n) is 5.19. The molecule has 0 spiro atoms. The van der Waals surface area contributed by atoms with Crippen LogP contribution in [0.5, 0.6) is 0 Å². The van der Waals surface area contributed by atoms with E-state index in [0.29, 0.717) is 12.1 Å². The largest absolute Gasteiger partial charge is 0.388 e. The molecule has 1 aliphatic carbocycles. The van der Waals surface area contributed by atoms with Crippen molar-refractivity contribution in [3.8, 4) is 6.07 Å². The van der Waals surface area contributed by atoms with Crippen LogP contribution in [0.3, 0.4) is 0 Å². The molecular weight excluding hydrogens is 188 g/mol. The van der Waals surface area contributed by atoms with E-state index >= 15 is 0 Å². The van der Waals surface area contributed by atoms with Crippen molar-refractivity contribution >= 4 is 5.69 Å². The normalized spacial score (nSPS) is 17.6. The van der Waals surface area contributed by atoms with Gasteiger partial charge in [-0.3, -0.25) is 0 Å². The van der Waals surface area contributed by atoms with Gasteiger partial charge in [0.05, 0.1) is 16.9 Å². The first-order valence-corrected chi connectivity index (χ1v) is 5.19. The van der Waals surface area contributed by atoms with E-state index in [-0.39, 0.29) is 0 Å². The lowest BCUT2D eigenvalue weighted by Gasteiger charge is -2.36. The highest BCUT2D eigenvalue weighted by Gasteiger charge is 2.33. The van der Waals surface area contributed by atoms with Gasteiger partial charge in [-0.25, -0.2) is 0 Å². The third kappa shape index (κ3) is 2.11. The van der Waals surface area contributed by atoms with Crippen LogP contribution >= 0.6 is 0 Å². The van der Waals surface area contributed by atoms with Crippen molar-refractivity contribution in [1.29, 1.82) is 5.26 Å². The molecule has 1 aromatic rings. The molecule has 0 bridgehead atoms. The predicted octanol–water partition coefficient (Wildman–Crippen LogP) is 1.89. The molecule has 3 heteroatoms. The second-order valence-electron chi connectivity index (χ2n) is 4.09. The number of nitrogens with zero attached hydrogens (tertiary/aromatic N) is 1. The predicted molar refractivity (Wildman–Crippen MR) is 58.4 cm³/mol. The van der Waals surface area contributed by atoms with Crippen molar-refractivity contribution in [1.82, 2.24) is 0 Å². The Labute approximate surface area is 89.4 Å². The Bertz CT molecular complexity index is 391. The summed E-state index contributed by atoms with van der Waals surface area (Å²) < 4.78 is 0. The molecule has 78 valence electrons. The van der Waals surface area contributed by atoms with Crippen molar-refractivity contribution in [2.45, 2.75) is 24.9 Å². The third-order valence-electron chi connectivity index (χ3n) is 2.94. The fourth-order valence-electron chi connectivity index (χ4n) is 1.76. The Balaban J connectivity index is 2.02. The molecule has 1 aliphatic rings. The smallest absolute Gasteiger partial charge is 0.101 e. The number of benzene rings is 1. The molecule has 0 aromatic heterocycles. The van der Waals surface area contributed by atoms with Crippen LogP contribution in [0.15, 0.2) is 24.3 Å². The lowest BCUT2D eigenvalue weighted by molar-refractivity contribution is -0.0201. The molecule has 3 nitrogen and oxygen atoms in total. The van der Waals surface area contributed by atoms with E-state index in [0.717, 1.165) is 24.9 Å². The van der Waals surface area contributed by atoms with Gasteiger partial charge in [0, 0.05) is 6.54 Å². The standard InChI is InChI=1S/C12H14N2O/c13-8-10-4-1-2-5-11(10)14-9-12(15)6-3-7-12/h1-2,4-5,14-15H,3,6-7,9H2. The van der Waals surface area contributed by atoms with Crippen LogP contribution in [0.4, 0.5) is 5.69 Å². The number of nitrogens with one attached hydrogen (secondary N) is 1. The van der Waals surface area contributed by atoms with E-state index in [1.807, 2.05) is 18.2 Å². The summed E-state index contributed by atoms with van der Waals surface area (Å²) in [7, 11) is 0. The summed E-state index contributed by atoms with van der Waals surface area (Å²) in [6.07, 6.45) is 2.81. The minimum absolute atomic E-state index is 0.533. The monoisotopic (exact) mass is 202 g/mol. The molecule has 0 heterocycles. The quantitative estimate of drug-likeness (QED) is 0.786. The molecule has 15 heavy (non-hydrogen) atoms. The number of hydrogen-bond acceptors (Lipinski definition) is 3. The van der Waals surface area contributed by atoms with Gasteiger partial charge in [-0.05, 0) is 31.4 Å². The maximum Gasteiger partial charge on any atom is 0.101 e. The van der Waals surface area contributed by atoms with Gasteiger partial charge in [0.2, 0.25) is 0 Å². The van der Waals surface area contributed by atoms with Gasteiger partial charge < -0.3 is 10.4 Å². The molecule has 2 N–H and O–H groups in total. The lowest BCUT2D eigenvalue weighted by atomic mass is 9.80. The summed E-state index contributed by atoms with van der Waals surface area (Å²) in [4.78, 5) is 0. The van der Waals surface area contributed by atoms with Crippen LogP contribution in [0.25, 0.3) is 0 Å². The van der Waals surface area contributed by atoms with E-state index in [9.17, 15) is 5.11 Å². The van der Waals surface area contributed by atoms with Crippen LogP contribution in [-0.2, 0) is 0 Å². The summed E-state index contributed by atoms with van der Waals surface area (Å²) in [5, 5.41) is 21.9. The number of hydrogen-bond donors (Lipinski definition) is 2. The first-order chi connectivity index (χ1) is 7.23. The lowest BCUT2D eigenvalue weighted by Crippen LogP contribution is -2.43. The Morgan fingerprint density at radius 1 is 1.40 bits per heavy atom. The van der Waals surface area contributed by atoms with Gasteiger partial charge in [0.25, 0.3) is 0 Å². The van der Waals surface area contributed by atoms with Gasteiger partial charge in [-0.15, -0.1) is 0 Å². The number of anilines is 1. The fraction of sp³-hybridized carbons (Fsp3) is 0.417. The zero-order valence-electron chi connectivity index (χ0n) is 8.53. The molecule has 0 saturated heterocycles. The Morgan fingerprint density at radius 3 is 2.73 bits per heavy atom. The van der Waals surface area contributed by atoms with E-state index in [1.54, 1.807) is 6.07 Å². The molecule has 1 fully saturated rings. The minimum Gasteiger partial charge on any atom is -0.388 e. The number of para-hydroxylation sites is 1. The van der Waals surface area contributed by atoms with Gasteiger partial charge in [-0.2, -0.15) is 5.26 Å². The fourth-order valence-corrected chi connectivity index (χ4v) is 1.76. The van der Waals surface area contributed by atoms with Crippen molar-refractivity contribution in [2.24, 2.45) is 0 Å². The van der Waals surface area contributed by atoms with Gasteiger partial charge in [-0.1, -0.05) is 12.1 Å². The molecule has 0 aliphatic heterocycles. The number of rotatable bonds is 3. The molecule has 0 amide bonds. The van der Waals surface area contributed by atoms with Crippen LogP contribution in [0.2, 0.25) is 0 Å². The first kappa shape index (κ1) is 10.0. The topological polar surface area (TPSA) is 56.0 Å². The van der Waals surface area contributed by atoms with Crippen molar-refractivity contribution in [3.05, 3.63) is 29.8 Å². The summed E-state index contributed by atoms with van der Waals surface area (Å²) in [6, 6.07) is 9.47. The highest BCUT2D eigenvalue weighted by atomic mass is 16.3. The summed E-state index contributed by atoms with van der Waals surface area (Å²) in [6.45, 7) is 0.533. The van der Waals surface area contributed by atoms with Crippen LogP contribution in [-0.4, -0.2) is 17.3 Å². The molecule has 0 unspecified atom stereocenters. The Hall–Kier alpha value is -1.53. The average Bonchev–Trinajstić information content (AvgIpc) is 2.24. The van der Waals surface area contributed by atoms with Gasteiger partial charge in [0.1, 0.15) is 6.07 Å². The van der Waals surface area contributed by atoms with E-state index < -0.39 is 5.60 Å². The van der Waals surface area contributed by atoms with Gasteiger partial charge in [0.15, 0.2) is 0 Å². The van der Waals surface area contributed by atoms with Crippen LogP contribution in [0.1, 0.15) is 24.8 Å². The van der Waals surface area contributed by atoms with Crippen molar-refractivity contribution in [3.63, 3.8) is 0 Å². The Kier molecular flexibility index (Phi) is 2.61. The molecule has 0 atom stereocenters. The maximum absolute atomic E-state index is 9.89.